The summed E-state index contributed by atoms with van der Waals surface area (Å²) in [6, 6.07) is 31.1. The van der Waals surface area contributed by atoms with E-state index in [9.17, 15) is 0 Å². The number of pyridine rings is 4. The van der Waals surface area contributed by atoms with Crippen LogP contribution >= 0.6 is 0 Å². The maximum atomic E-state index is 4.96. The number of aromatic nitrogens is 6. The van der Waals surface area contributed by atoms with Crippen LogP contribution in [0.15, 0.2) is 109 Å². The van der Waals surface area contributed by atoms with Gasteiger partial charge in [0.1, 0.15) is 11.4 Å². The van der Waals surface area contributed by atoms with E-state index in [1.165, 1.54) is 0 Å². The van der Waals surface area contributed by atoms with Crippen LogP contribution in [0.1, 0.15) is 0 Å². The van der Waals surface area contributed by atoms with Crippen LogP contribution in [0.2, 0.25) is 0 Å². The summed E-state index contributed by atoms with van der Waals surface area (Å²) in [5, 5.41) is 0. The quantitative estimate of drug-likeness (QED) is 0.342. The van der Waals surface area contributed by atoms with Gasteiger partial charge in [0, 0.05) is 12.4 Å². The number of rotatable bonds is 4. The molecule has 6 nitrogen and oxygen atoms in total. The fourth-order valence-corrected chi connectivity index (χ4v) is 3.80. The second-order valence-corrected chi connectivity index (χ2v) is 7.66. The molecule has 1 aromatic carbocycles. The summed E-state index contributed by atoms with van der Waals surface area (Å²) in [6.07, 6.45) is 3.52. The lowest BCUT2D eigenvalue weighted by Gasteiger charge is -2.11. The first-order valence-electron chi connectivity index (χ1n) is 10.9. The zero-order valence-corrected chi connectivity index (χ0v) is 18.1. The topological polar surface area (TPSA) is 77.3 Å². The van der Waals surface area contributed by atoms with Crippen molar-refractivity contribution in [1.29, 1.82) is 0 Å². The maximum Gasteiger partial charge on any atom is 0.117 e. The Balaban J connectivity index is 1.55. The molecule has 0 radical (unpaired) electrons. The molecule has 0 unspecified atom stereocenters. The highest BCUT2D eigenvalue weighted by Gasteiger charge is 2.17. The molecule has 0 saturated carbocycles. The van der Waals surface area contributed by atoms with Crippen LogP contribution in [0, 0.1) is 0 Å². The number of fused-ring (bicyclic) bond motifs is 1. The first-order chi connectivity index (χ1) is 16.8. The van der Waals surface area contributed by atoms with Crippen LogP contribution in [0.4, 0.5) is 0 Å². The van der Waals surface area contributed by atoms with Crippen LogP contribution < -0.4 is 0 Å². The van der Waals surface area contributed by atoms with Gasteiger partial charge in [-0.15, -0.1) is 0 Å². The van der Waals surface area contributed by atoms with Crippen LogP contribution in [-0.2, 0) is 0 Å². The van der Waals surface area contributed by atoms with E-state index in [-0.39, 0.29) is 0 Å². The van der Waals surface area contributed by atoms with E-state index in [4.69, 9.17) is 19.9 Å². The third-order valence-electron chi connectivity index (χ3n) is 5.41. The molecule has 6 rings (SSSR count). The number of para-hydroxylation sites is 2. The van der Waals surface area contributed by atoms with Gasteiger partial charge in [0.2, 0.25) is 0 Å². The van der Waals surface area contributed by atoms with E-state index in [1.807, 2.05) is 97.1 Å². The Hall–Kier alpha value is -4.84. The lowest BCUT2D eigenvalue weighted by atomic mass is 10.1. The Morgan fingerprint density at radius 1 is 0.324 bits per heavy atom. The van der Waals surface area contributed by atoms with Crippen molar-refractivity contribution in [3.8, 4) is 45.6 Å². The summed E-state index contributed by atoms with van der Waals surface area (Å²) >= 11 is 0. The maximum absolute atomic E-state index is 4.96. The Morgan fingerprint density at radius 3 is 1.18 bits per heavy atom. The normalized spacial score (nSPS) is 10.9. The molecule has 0 spiro atoms. The predicted octanol–water partition coefficient (Wildman–Crippen LogP) is 5.88. The number of benzene rings is 1. The van der Waals surface area contributed by atoms with Gasteiger partial charge in [-0.1, -0.05) is 36.4 Å². The van der Waals surface area contributed by atoms with Crippen molar-refractivity contribution in [2.24, 2.45) is 0 Å². The van der Waals surface area contributed by atoms with E-state index < -0.39 is 0 Å². The van der Waals surface area contributed by atoms with Gasteiger partial charge < -0.3 is 0 Å². The van der Waals surface area contributed by atoms with E-state index in [2.05, 4.69) is 9.97 Å². The van der Waals surface area contributed by atoms with Crippen LogP contribution in [0.5, 0.6) is 0 Å². The molecule has 0 N–H and O–H groups in total. The molecule has 0 fully saturated rings. The zero-order chi connectivity index (χ0) is 22.7. The number of hydrogen-bond acceptors (Lipinski definition) is 6. The Labute approximate surface area is 196 Å². The van der Waals surface area contributed by atoms with Crippen molar-refractivity contribution in [2.75, 3.05) is 0 Å². The average molecular weight is 438 g/mol. The van der Waals surface area contributed by atoms with Gasteiger partial charge in [-0.3, -0.25) is 9.97 Å². The third kappa shape index (κ3) is 3.78. The van der Waals surface area contributed by atoms with Gasteiger partial charge in [0.05, 0.1) is 45.2 Å². The molecular weight excluding hydrogens is 420 g/mol. The largest absolute Gasteiger partial charge is 0.255 e. The van der Waals surface area contributed by atoms with Crippen molar-refractivity contribution >= 4 is 11.0 Å². The van der Waals surface area contributed by atoms with Crippen molar-refractivity contribution in [2.45, 2.75) is 0 Å². The van der Waals surface area contributed by atoms with E-state index >= 15 is 0 Å². The molecule has 0 atom stereocenters. The summed E-state index contributed by atoms with van der Waals surface area (Å²) in [5.74, 6) is 0. The first-order valence-corrected chi connectivity index (χ1v) is 10.9. The molecule has 34 heavy (non-hydrogen) atoms. The highest BCUT2D eigenvalue weighted by atomic mass is 14.9. The Bertz CT molecular complexity index is 1480. The van der Waals surface area contributed by atoms with Crippen LogP contribution in [-0.4, -0.2) is 29.9 Å². The van der Waals surface area contributed by atoms with E-state index in [0.717, 1.165) is 33.8 Å². The van der Waals surface area contributed by atoms with Crippen molar-refractivity contribution in [3.63, 3.8) is 0 Å². The molecule has 0 saturated heterocycles. The second-order valence-electron chi connectivity index (χ2n) is 7.66. The standard InChI is InChI=1S/C28H18N6/c1-2-12-24-23(11-1)33-27(25-15-7-13-21(31-25)19-9-3-5-17-29-19)28(34-24)26-16-8-14-22(32-26)20-10-4-6-18-30-20/h1-18H. The lowest BCUT2D eigenvalue weighted by molar-refractivity contribution is 1.19. The molecule has 6 aromatic rings. The SMILES string of the molecule is c1ccc(-c2cccc(-c3nc4ccccc4nc3-c3cccc(-c4ccccn4)n3)n2)nc1. The summed E-state index contributed by atoms with van der Waals surface area (Å²) in [6.45, 7) is 0. The fourth-order valence-electron chi connectivity index (χ4n) is 3.80. The first kappa shape index (κ1) is 19.8. The van der Waals surface area contributed by atoms with Crippen molar-refractivity contribution in [1.82, 2.24) is 29.9 Å². The van der Waals surface area contributed by atoms with Crippen LogP contribution in [0.25, 0.3) is 56.6 Å². The minimum atomic E-state index is 0.669. The minimum Gasteiger partial charge on any atom is -0.255 e. The lowest BCUT2D eigenvalue weighted by Crippen LogP contribution is -2.00. The zero-order valence-electron chi connectivity index (χ0n) is 18.1. The van der Waals surface area contributed by atoms with Crippen molar-refractivity contribution in [3.05, 3.63) is 109 Å². The van der Waals surface area contributed by atoms with Gasteiger partial charge in [0.25, 0.3) is 0 Å². The van der Waals surface area contributed by atoms with Gasteiger partial charge in [-0.25, -0.2) is 19.9 Å². The molecule has 0 aliphatic carbocycles. The number of hydrogen-bond donors (Lipinski definition) is 0. The van der Waals surface area contributed by atoms with Gasteiger partial charge in [-0.2, -0.15) is 0 Å². The molecule has 0 aliphatic rings. The highest BCUT2D eigenvalue weighted by molar-refractivity contribution is 5.85. The van der Waals surface area contributed by atoms with Gasteiger partial charge >= 0.3 is 0 Å². The molecule has 6 heteroatoms. The predicted molar refractivity (Wildman–Crippen MR) is 132 cm³/mol. The van der Waals surface area contributed by atoms with E-state index in [0.29, 0.717) is 22.8 Å². The fraction of sp³-hybridized carbons (Fsp3) is 0. The van der Waals surface area contributed by atoms with E-state index in [1.54, 1.807) is 12.4 Å². The monoisotopic (exact) mass is 438 g/mol. The molecule has 5 heterocycles. The summed E-state index contributed by atoms with van der Waals surface area (Å²) in [7, 11) is 0. The summed E-state index contributed by atoms with van der Waals surface area (Å²) < 4.78 is 0. The summed E-state index contributed by atoms with van der Waals surface area (Å²) in [5.41, 5.74) is 7.50. The van der Waals surface area contributed by atoms with Crippen molar-refractivity contribution < 1.29 is 0 Å². The average Bonchev–Trinajstić information content (AvgIpc) is 2.93. The molecule has 0 bridgehead atoms. The highest BCUT2D eigenvalue weighted by Crippen LogP contribution is 2.31. The molecule has 5 aromatic heterocycles. The second kappa shape index (κ2) is 8.60. The smallest absolute Gasteiger partial charge is 0.117 e. The van der Waals surface area contributed by atoms with Gasteiger partial charge in [-0.05, 0) is 60.7 Å². The minimum absolute atomic E-state index is 0.669. The summed E-state index contributed by atoms with van der Waals surface area (Å²) in [4.78, 5) is 28.6. The Kier molecular flexibility index (Phi) is 5.01. The number of nitrogens with zero attached hydrogens (tertiary/aromatic N) is 6. The molecule has 0 amide bonds. The van der Waals surface area contributed by atoms with Crippen LogP contribution in [0.3, 0.4) is 0 Å². The third-order valence-corrected chi connectivity index (χ3v) is 5.41. The van der Waals surface area contributed by atoms with Gasteiger partial charge in [0.15, 0.2) is 0 Å². The Morgan fingerprint density at radius 2 is 0.735 bits per heavy atom. The molecule has 0 aliphatic heterocycles. The molecular formula is C28H18N6. The molecule has 160 valence electrons.